The smallest absolute Gasteiger partial charge is 0.253 e. The molecule has 2 N–H and O–H groups in total. The van der Waals surface area contributed by atoms with Gasteiger partial charge in [-0.3, -0.25) is 4.79 Å². The number of hydrogen-bond acceptors (Lipinski definition) is 3. The number of benzene rings is 2. The van der Waals surface area contributed by atoms with Gasteiger partial charge in [-0.1, -0.05) is 24.3 Å². The Kier molecular flexibility index (Phi) is 6.31. The summed E-state index contributed by atoms with van der Waals surface area (Å²) in [4.78, 5) is 17.6. The minimum atomic E-state index is -0.0860. The molecule has 3 aromatic rings. The molecule has 0 unspecified atom stereocenters. The van der Waals surface area contributed by atoms with Crippen molar-refractivity contribution in [1.29, 1.82) is 0 Å². The number of aromatic nitrogens is 1. The lowest BCUT2D eigenvalue weighted by molar-refractivity contribution is 0.396. The van der Waals surface area contributed by atoms with Crippen LogP contribution >= 0.6 is 12.2 Å². The molecule has 6 heteroatoms. The maximum absolute atomic E-state index is 12.6. The van der Waals surface area contributed by atoms with Crippen LogP contribution in [-0.4, -0.2) is 28.7 Å². The van der Waals surface area contributed by atoms with Crippen molar-refractivity contribution in [3.63, 3.8) is 0 Å². The number of fused-ring (bicyclic) bond motifs is 1. The lowest BCUT2D eigenvalue weighted by atomic mass is 10.1. The van der Waals surface area contributed by atoms with Gasteiger partial charge < -0.3 is 19.9 Å². The predicted molar refractivity (Wildman–Crippen MR) is 118 cm³/mol. The fourth-order valence-electron chi connectivity index (χ4n) is 3.10. The van der Waals surface area contributed by atoms with E-state index in [0.717, 1.165) is 34.3 Å². The second-order valence-corrected chi connectivity index (χ2v) is 7.14. The van der Waals surface area contributed by atoms with Gasteiger partial charge in [-0.2, -0.15) is 0 Å². The molecule has 2 aromatic carbocycles. The molecule has 0 saturated heterocycles. The van der Waals surface area contributed by atoms with Gasteiger partial charge in [0.05, 0.1) is 13.7 Å². The van der Waals surface area contributed by atoms with E-state index in [-0.39, 0.29) is 5.56 Å². The van der Waals surface area contributed by atoms with E-state index in [0.29, 0.717) is 23.8 Å². The number of nitrogens with one attached hydrogen (secondary N) is 2. The third kappa shape index (κ3) is 4.70. The summed E-state index contributed by atoms with van der Waals surface area (Å²) in [6.45, 7) is 5.77. The van der Waals surface area contributed by atoms with Crippen molar-refractivity contribution in [2.45, 2.75) is 26.9 Å². The van der Waals surface area contributed by atoms with Gasteiger partial charge >= 0.3 is 0 Å². The molecule has 0 saturated carbocycles. The molecule has 1 heterocycles. The van der Waals surface area contributed by atoms with Gasteiger partial charge in [0.15, 0.2) is 5.11 Å². The van der Waals surface area contributed by atoms with Crippen molar-refractivity contribution in [3.05, 3.63) is 75.6 Å². The second-order valence-electron chi connectivity index (χ2n) is 6.75. The fourth-order valence-corrected chi connectivity index (χ4v) is 3.37. The van der Waals surface area contributed by atoms with Gasteiger partial charge in [0, 0.05) is 24.2 Å². The Morgan fingerprint density at radius 2 is 1.89 bits per heavy atom. The minimum Gasteiger partial charge on any atom is -0.497 e. The van der Waals surface area contributed by atoms with E-state index < -0.39 is 0 Å². The first kappa shape index (κ1) is 19.9. The molecule has 1 aromatic heterocycles. The highest BCUT2D eigenvalue weighted by atomic mass is 32.1. The zero-order chi connectivity index (χ0) is 20.1. The number of nitrogens with zero attached hydrogens (tertiary/aromatic N) is 1. The monoisotopic (exact) mass is 395 g/mol. The summed E-state index contributed by atoms with van der Waals surface area (Å²) in [7, 11) is 1.65. The normalized spacial score (nSPS) is 10.7. The number of ether oxygens (including phenoxy) is 1. The van der Waals surface area contributed by atoms with Gasteiger partial charge in [-0.15, -0.1) is 0 Å². The Morgan fingerprint density at radius 1 is 1.14 bits per heavy atom. The standard InChI is InChI=1S/C22H25N3O2S/c1-4-23-22(28)25(13-16-6-9-19(27-3)10-7-16)14-18-12-17-8-5-15(2)11-20(17)24-21(18)26/h5-12H,4,13-14H2,1-3H3,(H,23,28)(H,24,26). The van der Waals surface area contributed by atoms with Gasteiger partial charge in [0.25, 0.3) is 5.56 Å². The zero-order valence-corrected chi connectivity index (χ0v) is 17.2. The van der Waals surface area contributed by atoms with Crippen LogP contribution in [0.15, 0.2) is 53.3 Å². The Bertz CT molecular complexity index is 1030. The SMILES string of the molecule is CCNC(=S)N(Cc1ccc(OC)cc1)Cc1cc2ccc(C)cc2[nH]c1=O. The maximum Gasteiger partial charge on any atom is 0.253 e. The lowest BCUT2D eigenvalue weighted by Crippen LogP contribution is -2.39. The van der Waals surface area contributed by atoms with Crippen LogP contribution < -0.4 is 15.6 Å². The summed E-state index contributed by atoms with van der Waals surface area (Å²) in [6, 6.07) is 15.9. The first-order valence-corrected chi connectivity index (χ1v) is 9.69. The van der Waals surface area contributed by atoms with Crippen molar-refractivity contribution < 1.29 is 4.74 Å². The Hall–Kier alpha value is -2.86. The summed E-state index contributed by atoms with van der Waals surface area (Å²) >= 11 is 5.56. The van der Waals surface area contributed by atoms with Gasteiger partial charge in [0.1, 0.15) is 5.75 Å². The van der Waals surface area contributed by atoms with E-state index in [1.807, 2.05) is 67.3 Å². The molecular weight excluding hydrogens is 370 g/mol. The van der Waals surface area contributed by atoms with Crippen LogP contribution in [0.25, 0.3) is 10.9 Å². The second kappa shape index (κ2) is 8.89. The zero-order valence-electron chi connectivity index (χ0n) is 16.4. The number of aryl methyl sites for hydroxylation is 1. The maximum atomic E-state index is 12.6. The van der Waals surface area contributed by atoms with E-state index in [4.69, 9.17) is 17.0 Å². The molecule has 0 atom stereocenters. The number of rotatable bonds is 6. The van der Waals surface area contributed by atoms with Crippen molar-refractivity contribution in [2.24, 2.45) is 0 Å². The van der Waals surface area contributed by atoms with E-state index in [2.05, 4.69) is 10.3 Å². The molecule has 0 aliphatic heterocycles. The molecule has 0 aliphatic carbocycles. The van der Waals surface area contributed by atoms with Crippen molar-refractivity contribution in [3.8, 4) is 5.75 Å². The lowest BCUT2D eigenvalue weighted by Gasteiger charge is -2.26. The molecule has 0 aliphatic rings. The Morgan fingerprint density at radius 3 is 2.57 bits per heavy atom. The van der Waals surface area contributed by atoms with Crippen molar-refractivity contribution >= 4 is 28.2 Å². The van der Waals surface area contributed by atoms with Crippen LogP contribution in [0.2, 0.25) is 0 Å². The van der Waals surface area contributed by atoms with E-state index >= 15 is 0 Å². The fraction of sp³-hybridized carbons (Fsp3) is 0.273. The first-order chi connectivity index (χ1) is 13.5. The molecule has 146 valence electrons. The predicted octanol–water partition coefficient (Wildman–Crippen LogP) is 3.74. The summed E-state index contributed by atoms with van der Waals surface area (Å²) in [5.41, 5.74) is 3.66. The largest absolute Gasteiger partial charge is 0.497 e. The minimum absolute atomic E-state index is 0.0860. The average Bonchev–Trinajstić information content (AvgIpc) is 2.68. The Labute approximate surface area is 170 Å². The molecule has 0 spiro atoms. The quantitative estimate of drug-likeness (QED) is 0.623. The number of H-pyrrole nitrogens is 1. The van der Waals surface area contributed by atoms with E-state index in [1.54, 1.807) is 7.11 Å². The summed E-state index contributed by atoms with van der Waals surface area (Å²) in [5, 5.41) is 4.83. The highest BCUT2D eigenvalue weighted by Crippen LogP contribution is 2.17. The van der Waals surface area contributed by atoms with Crippen LogP contribution in [0.3, 0.4) is 0 Å². The number of hydrogen-bond donors (Lipinski definition) is 2. The number of thiocarbonyl (C=S) groups is 1. The molecule has 0 fully saturated rings. The van der Waals surface area contributed by atoms with Crippen LogP contribution in [-0.2, 0) is 13.1 Å². The van der Waals surface area contributed by atoms with Crippen LogP contribution in [0.5, 0.6) is 5.75 Å². The molecule has 0 bridgehead atoms. The van der Waals surface area contributed by atoms with E-state index in [1.165, 1.54) is 0 Å². The van der Waals surface area contributed by atoms with Crippen molar-refractivity contribution in [2.75, 3.05) is 13.7 Å². The highest BCUT2D eigenvalue weighted by molar-refractivity contribution is 7.80. The number of pyridine rings is 1. The van der Waals surface area contributed by atoms with Crippen LogP contribution in [0, 0.1) is 6.92 Å². The summed E-state index contributed by atoms with van der Waals surface area (Å²) < 4.78 is 5.22. The van der Waals surface area contributed by atoms with Crippen LogP contribution in [0.4, 0.5) is 0 Å². The summed E-state index contributed by atoms with van der Waals surface area (Å²) in [6.07, 6.45) is 0. The average molecular weight is 396 g/mol. The Balaban J connectivity index is 1.89. The molecule has 28 heavy (non-hydrogen) atoms. The molecule has 0 amide bonds. The third-order valence-corrected chi connectivity index (χ3v) is 4.99. The molecule has 3 rings (SSSR count). The van der Waals surface area contributed by atoms with Gasteiger partial charge in [-0.05, 0) is 66.8 Å². The van der Waals surface area contributed by atoms with Gasteiger partial charge in [0.2, 0.25) is 0 Å². The first-order valence-electron chi connectivity index (χ1n) is 9.28. The topological polar surface area (TPSA) is 57.4 Å². The third-order valence-electron chi connectivity index (χ3n) is 4.59. The summed E-state index contributed by atoms with van der Waals surface area (Å²) in [5.74, 6) is 0.811. The molecule has 0 radical (unpaired) electrons. The number of methoxy groups -OCH3 is 1. The molecular formula is C22H25N3O2S. The molecule has 5 nitrogen and oxygen atoms in total. The van der Waals surface area contributed by atoms with Gasteiger partial charge in [-0.25, -0.2) is 0 Å². The highest BCUT2D eigenvalue weighted by Gasteiger charge is 2.14. The number of aromatic amines is 1. The van der Waals surface area contributed by atoms with Crippen LogP contribution in [0.1, 0.15) is 23.6 Å². The van der Waals surface area contributed by atoms with E-state index in [9.17, 15) is 4.79 Å². The van der Waals surface area contributed by atoms with Crippen molar-refractivity contribution in [1.82, 2.24) is 15.2 Å².